The van der Waals surface area contributed by atoms with Gasteiger partial charge in [-0.15, -0.1) is 0 Å². The molecule has 0 fully saturated rings. The van der Waals surface area contributed by atoms with E-state index in [1.165, 1.54) is 4.68 Å². The van der Waals surface area contributed by atoms with Crippen LogP contribution in [-0.4, -0.2) is 20.9 Å². The summed E-state index contributed by atoms with van der Waals surface area (Å²) in [6, 6.07) is 13.6. The molecule has 4 aromatic rings. The van der Waals surface area contributed by atoms with Crippen LogP contribution in [0.25, 0.3) is 21.8 Å². The van der Waals surface area contributed by atoms with Crippen LogP contribution in [0.15, 0.2) is 56.8 Å². The van der Waals surface area contributed by atoms with Crippen LogP contribution in [-0.2, 0) is 0 Å². The van der Waals surface area contributed by atoms with Crippen molar-refractivity contribution in [2.45, 2.75) is 33.1 Å². The third kappa shape index (κ3) is 3.18. The van der Waals surface area contributed by atoms with Crippen LogP contribution in [0.4, 0.5) is 0 Å². The van der Waals surface area contributed by atoms with Crippen molar-refractivity contribution in [3.63, 3.8) is 0 Å². The molecule has 0 aliphatic heterocycles. The van der Waals surface area contributed by atoms with Gasteiger partial charge in [0.25, 0.3) is 5.56 Å². The number of H-pyrrole nitrogens is 1. The summed E-state index contributed by atoms with van der Waals surface area (Å²) in [6.07, 6.45) is 2.63. The molecule has 5 nitrogen and oxygen atoms in total. The molecule has 6 heteroatoms. The van der Waals surface area contributed by atoms with Gasteiger partial charge in [0.1, 0.15) is 5.82 Å². The fourth-order valence-electron chi connectivity index (χ4n) is 3.36. The molecule has 0 aliphatic rings. The number of nitrogens with zero attached hydrogens (tertiary/aromatic N) is 3. The van der Waals surface area contributed by atoms with E-state index in [4.69, 9.17) is 4.98 Å². The average molecular weight is 437 g/mol. The van der Waals surface area contributed by atoms with Crippen molar-refractivity contribution in [2.24, 2.45) is 5.10 Å². The predicted molar refractivity (Wildman–Crippen MR) is 118 cm³/mol. The van der Waals surface area contributed by atoms with Gasteiger partial charge >= 0.3 is 0 Å². The summed E-state index contributed by atoms with van der Waals surface area (Å²) in [6.45, 7) is 6.16. The second-order valence-corrected chi connectivity index (χ2v) is 7.93. The monoisotopic (exact) mass is 436 g/mol. The molecule has 0 aliphatic carbocycles. The quantitative estimate of drug-likeness (QED) is 0.438. The largest absolute Gasteiger partial charge is 0.358 e. The average Bonchev–Trinajstić information content (AvgIpc) is 3.02. The zero-order valence-electron chi connectivity index (χ0n) is 16.0. The van der Waals surface area contributed by atoms with Gasteiger partial charge in [-0.3, -0.25) is 4.79 Å². The number of halogens is 1. The summed E-state index contributed by atoms with van der Waals surface area (Å²) >= 11 is 3.44. The standard InChI is InChI=1S/C22H21BrN4O/c1-4-13(2)21-26-20-10-9-15(23)11-17(20)22(28)27(21)24-12-18-14(3)25-19-8-6-5-7-16(18)19/h5-13,25H,4H2,1-3H3/t13-/m1/s1. The number of hydrogen-bond donors (Lipinski definition) is 1. The van der Waals surface area contributed by atoms with Crippen LogP contribution in [0.3, 0.4) is 0 Å². The molecule has 2 aromatic carbocycles. The summed E-state index contributed by atoms with van der Waals surface area (Å²) in [4.78, 5) is 21.3. The first kappa shape index (κ1) is 18.6. The number of rotatable bonds is 4. The van der Waals surface area contributed by atoms with Crippen molar-refractivity contribution in [2.75, 3.05) is 0 Å². The molecular formula is C22H21BrN4O. The fraction of sp³-hybridized carbons (Fsp3) is 0.227. The van der Waals surface area contributed by atoms with E-state index >= 15 is 0 Å². The van der Waals surface area contributed by atoms with Gasteiger partial charge in [0.2, 0.25) is 0 Å². The van der Waals surface area contributed by atoms with Crippen LogP contribution in [0.5, 0.6) is 0 Å². The Morgan fingerprint density at radius 2 is 2.04 bits per heavy atom. The van der Waals surface area contributed by atoms with Gasteiger partial charge in [0, 0.05) is 32.6 Å². The Bertz CT molecular complexity index is 1270. The number of aryl methyl sites for hydroxylation is 1. The Kier molecular flexibility index (Phi) is 4.89. The number of aromatic amines is 1. The highest BCUT2D eigenvalue weighted by molar-refractivity contribution is 9.10. The molecule has 2 aromatic heterocycles. The first-order valence-electron chi connectivity index (χ1n) is 9.33. The molecule has 0 saturated carbocycles. The third-order valence-electron chi connectivity index (χ3n) is 5.13. The fourth-order valence-corrected chi connectivity index (χ4v) is 3.72. The smallest absolute Gasteiger partial charge is 0.282 e. The van der Waals surface area contributed by atoms with E-state index in [0.29, 0.717) is 16.7 Å². The van der Waals surface area contributed by atoms with E-state index in [9.17, 15) is 4.79 Å². The minimum Gasteiger partial charge on any atom is -0.358 e. The molecular weight excluding hydrogens is 416 g/mol. The maximum absolute atomic E-state index is 13.2. The van der Waals surface area contributed by atoms with Crippen LogP contribution < -0.4 is 5.56 Å². The van der Waals surface area contributed by atoms with Crippen molar-refractivity contribution in [3.05, 3.63) is 74.4 Å². The summed E-state index contributed by atoms with van der Waals surface area (Å²) < 4.78 is 2.29. The molecule has 2 heterocycles. The van der Waals surface area contributed by atoms with Gasteiger partial charge < -0.3 is 4.98 Å². The van der Waals surface area contributed by atoms with E-state index < -0.39 is 0 Å². The highest BCUT2D eigenvalue weighted by Gasteiger charge is 2.16. The lowest BCUT2D eigenvalue weighted by molar-refractivity contribution is 0.613. The van der Waals surface area contributed by atoms with E-state index in [-0.39, 0.29) is 11.5 Å². The summed E-state index contributed by atoms with van der Waals surface area (Å²) in [5, 5.41) is 6.22. The van der Waals surface area contributed by atoms with Crippen molar-refractivity contribution in [1.29, 1.82) is 0 Å². The molecule has 1 N–H and O–H groups in total. The minimum absolute atomic E-state index is 0.113. The van der Waals surface area contributed by atoms with Crippen molar-refractivity contribution < 1.29 is 0 Å². The highest BCUT2D eigenvalue weighted by atomic mass is 79.9. The molecule has 0 spiro atoms. The number of aromatic nitrogens is 3. The van der Waals surface area contributed by atoms with Gasteiger partial charge in [-0.05, 0) is 37.6 Å². The third-order valence-corrected chi connectivity index (χ3v) is 5.63. The van der Waals surface area contributed by atoms with E-state index in [1.807, 2.05) is 43.3 Å². The van der Waals surface area contributed by atoms with Gasteiger partial charge in [0.05, 0.1) is 17.1 Å². The predicted octanol–water partition coefficient (Wildman–Crippen LogP) is 5.34. The van der Waals surface area contributed by atoms with Crippen LogP contribution in [0, 0.1) is 6.92 Å². The Labute approximate surface area is 171 Å². The van der Waals surface area contributed by atoms with Crippen molar-refractivity contribution in [1.82, 2.24) is 14.6 Å². The lowest BCUT2D eigenvalue weighted by Gasteiger charge is -2.14. The first-order chi connectivity index (χ1) is 13.5. The highest BCUT2D eigenvalue weighted by Crippen LogP contribution is 2.22. The molecule has 4 rings (SSSR count). The molecule has 0 radical (unpaired) electrons. The van der Waals surface area contributed by atoms with Crippen LogP contribution in [0.2, 0.25) is 0 Å². The zero-order chi connectivity index (χ0) is 19.8. The molecule has 0 bridgehead atoms. The van der Waals surface area contributed by atoms with Gasteiger partial charge in [-0.2, -0.15) is 9.78 Å². The minimum atomic E-state index is -0.157. The van der Waals surface area contributed by atoms with Crippen LogP contribution >= 0.6 is 15.9 Å². The summed E-state index contributed by atoms with van der Waals surface area (Å²) in [5.41, 5.74) is 3.58. The summed E-state index contributed by atoms with van der Waals surface area (Å²) in [5.74, 6) is 0.790. The van der Waals surface area contributed by atoms with Gasteiger partial charge in [0.15, 0.2) is 0 Å². The number of benzene rings is 2. The Hall–Kier alpha value is -2.73. The molecule has 28 heavy (non-hydrogen) atoms. The van der Waals surface area contributed by atoms with Gasteiger partial charge in [-0.1, -0.05) is 48.0 Å². The molecule has 0 unspecified atom stereocenters. The number of nitrogens with one attached hydrogen (secondary N) is 1. The van der Waals surface area contributed by atoms with Crippen molar-refractivity contribution >= 4 is 44.0 Å². The second kappa shape index (κ2) is 7.36. The van der Waals surface area contributed by atoms with Crippen molar-refractivity contribution in [3.8, 4) is 0 Å². The summed E-state index contributed by atoms with van der Waals surface area (Å²) in [7, 11) is 0. The number of para-hydroxylation sites is 1. The van der Waals surface area contributed by atoms with Crippen LogP contribution in [0.1, 0.15) is 43.3 Å². The molecule has 1 atom stereocenters. The van der Waals surface area contributed by atoms with E-state index in [2.05, 4.69) is 39.9 Å². The molecule has 0 amide bonds. The SMILES string of the molecule is CC[C@@H](C)c1nc2ccc(Br)cc2c(=O)n1N=Cc1c(C)[nH]c2ccccc12. The lowest BCUT2D eigenvalue weighted by Crippen LogP contribution is -2.23. The maximum atomic E-state index is 13.2. The Morgan fingerprint density at radius 3 is 2.82 bits per heavy atom. The van der Waals surface area contributed by atoms with E-state index in [0.717, 1.165) is 33.1 Å². The van der Waals surface area contributed by atoms with E-state index in [1.54, 1.807) is 12.3 Å². The normalized spacial score (nSPS) is 13.0. The number of fused-ring (bicyclic) bond motifs is 2. The molecule has 142 valence electrons. The first-order valence-corrected chi connectivity index (χ1v) is 10.1. The topological polar surface area (TPSA) is 63.0 Å². The maximum Gasteiger partial charge on any atom is 0.282 e. The lowest BCUT2D eigenvalue weighted by atomic mass is 10.1. The van der Waals surface area contributed by atoms with Gasteiger partial charge in [-0.25, -0.2) is 4.98 Å². The zero-order valence-corrected chi connectivity index (χ0v) is 17.6. The number of hydrogen-bond acceptors (Lipinski definition) is 3. The Morgan fingerprint density at radius 1 is 1.25 bits per heavy atom. The molecule has 0 saturated heterocycles. The second-order valence-electron chi connectivity index (χ2n) is 7.01. The Balaban J connectivity index is 1.93.